The van der Waals surface area contributed by atoms with Crippen molar-refractivity contribution in [3.8, 4) is 11.5 Å². The number of ether oxygens (including phenoxy) is 3. The molecule has 46 heavy (non-hydrogen) atoms. The summed E-state index contributed by atoms with van der Waals surface area (Å²) < 4.78 is 69.8. The minimum Gasteiger partial charge on any atom is -1.00 e. The third kappa shape index (κ3) is 12.0. The minimum atomic E-state index is -0.696. The van der Waals surface area contributed by atoms with Crippen molar-refractivity contribution in [2.75, 3.05) is 33.0 Å². The molecule has 0 aliphatic carbocycles. The Kier molecular flexibility index (Phi) is 17.5. The number of hydrogen-bond acceptors (Lipinski definition) is 9. The van der Waals surface area contributed by atoms with Crippen LogP contribution in [-0.4, -0.2) is 75.7 Å². The number of imidazole rings is 1. The molecular formula is C29H36ClF4N3O8S. The van der Waals surface area contributed by atoms with Crippen LogP contribution in [0.3, 0.4) is 0 Å². The first kappa shape index (κ1) is 40.5. The number of halogens is 5. The van der Waals surface area contributed by atoms with E-state index in [1.165, 1.54) is 19.1 Å². The molecule has 0 unspecified atom stereocenters. The first-order chi connectivity index (χ1) is 21.3. The van der Waals surface area contributed by atoms with Crippen LogP contribution in [0.15, 0.2) is 30.5 Å². The van der Waals surface area contributed by atoms with Crippen LogP contribution in [0.1, 0.15) is 36.7 Å². The molecule has 0 radical (unpaired) electrons. The number of nitrogens with zero attached hydrogens (tertiary/aromatic N) is 1. The number of esters is 1. The lowest BCUT2D eigenvalue weighted by molar-refractivity contribution is -0.425. The molecule has 2 atom stereocenters. The number of aliphatic hydroxyl groups excluding tert-OH is 3. The summed E-state index contributed by atoms with van der Waals surface area (Å²) in [6.45, 7) is 2.98. The number of carbonyl (C=O) groups is 2. The Morgan fingerprint density at radius 3 is 1.93 bits per heavy atom. The second kappa shape index (κ2) is 19.9. The SMILES string of the molecule is CCOC(C)=O.O=C(CO)CO.OCc1c[nH]c(=S)n1[C@H]1COc2c(F)cc(F)cc2C1.[Cl-].[NH3+][C@H]1COc2c(F)cc(F)cc2C1. The third-order valence-electron chi connectivity index (χ3n) is 6.14. The van der Waals surface area contributed by atoms with E-state index in [4.69, 9.17) is 31.9 Å². The van der Waals surface area contributed by atoms with Gasteiger partial charge in [-0.3, -0.25) is 9.59 Å². The number of aliphatic hydroxyl groups is 3. The molecule has 0 fully saturated rings. The molecule has 2 aliphatic rings. The van der Waals surface area contributed by atoms with Crippen LogP contribution in [0, 0.1) is 28.0 Å². The van der Waals surface area contributed by atoms with Gasteiger partial charge in [0.2, 0.25) is 0 Å². The lowest BCUT2D eigenvalue weighted by Gasteiger charge is -2.27. The summed E-state index contributed by atoms with van der Waals surface area (Å²) in [5.41, 5.74) is 5.44. The minimum absolute atomic E-state index is 0. The lowest BCUT2D eigenvalue weighted by Crippen LogP contribution is -3.00. The highest BCUT2D eigenvalue weighted by Gasteiger charge is 2.26. The van der Waals surface area contributed by atoms with Crippen molar-refractivity contribution in [2.45, 2.75) is 45.4 Å². The number of fused-ring (bicyclic) bond motifs is 2. The summed E-state index contributed by atoms with van der Waals surface area (Å²) in [6, 6.07) is 4.08. The second-order valence-corrected chi connectivity index (χ2v) is 10.1. The molecule has 2 aromatic carbocycles. The molecule has 17 heteroatoms. The Labute approximate surface area is 273 Å². The quantitative estimate of drug-likeness (QED) is 0.129. The van der Waals surface area contributed by atoms with Gasteiger partial charge in [0.05, 0.1) is 24.9 Å². The Morgan fingerprint density at radius 2 is 1.50 bits per heavy atom. The molecule has 2 aliphatic heterocycles. The van der Waals surface area contributed by atoms with Gasteiger partial charge in [-0.15, -0.1) is 0 Å². The summed E-state index contributed by atoms with van der Waals surface area (Å²) in [4.78, 5) is 22.3. The van der Waals surface area contributed by atoms with Crippen LogP contribution in [0.2, 0.25) is 0 Å². The molecule has 0 spiro atoms. The van der Waals surface area contributed by atoms with Crippen LogP contribution in [-0.2, 0) is 33.8 Å². The zero-order valence-electron chi connectivity index (χ0n) is 25.0. The van der Waals surface area contributed by atoms with Gasteiger partial charge >= 0.3 is 5.97 Å². The maximum absolute atomic E-state index is 13.6. The lowest BCUT2D eigenvalue weighted by atomic mass is 10.0. The molecular weight excluding hydrogens is 662 g/mol. The zero-order valence-corrected chi connectivity index (χ0v) is 26.6. The second-order valence-electron chi connectivity index (χ2n) is 9.69. The largest absolute Gasteiger partial charge is 1.00 e. The smallest absolute Gasteiger partial charge is 0.302 e. The summed E-state index contributed by atoms with van der Waals surface area (Å²) in [7, 11) is 0. The highest BCUT2D eigenvalue weighted by Crippen LogP contribution is 2.33. The van der Waals surface area contributed by atoms with Crippen LogP contribution in [0.5, 0.6) is 11.5 Å². The number of aromatic nitrogens is 2. The Hall–Kier alpha value is -3.54. The molecule has 0 saturated carbocycles. The molecule has 7 N–H and O–H groups in total. The fourth-order valence-corrected chi connectivity index (χ4v) is 4.60. The predicted molar refractivity (Wildman–Crippen MR) is 154 cm³/mol. The summed E-state index contributed by atoms with van der Waals surface area (Å²) >= 11 is 5.16. The van der Waals surface area contributed by atoms with Crippen molar-refractivity contribution in [2.24, 2.45) is 0 Å². The van der Waals surface area contributed by atoms with Crippen molar-refractivity contribution >= 4 is 24.0 Å². The van der Waals surface area contributed by atoms with Gasteiger partial charge in [0, 0.05) is 49.2 Å². The van der Waals surface area contributed by atoms with E-state index in [-0.39, 0.29) is 55.2 Å². The molecule has 11 nitrogen and oxygen atoms in total. The van der Waals surface area contributed by atoms with E-state index in [1.807, 2.05) is 0 Å². The summed E-state index contributed by atoms with van der Waals surface area (Å²) in [6.07, 6.45) is 2.58. The number of rotatable bonds is 5. The third-order valence-corrected chi connectivity index (χ3v) is 6.45. The number of H-pyrrole nitrogens is 1. The number of carbonyl (C=O) groups excluding carboxylic acids is 2. The van der Waals surface area contributed by atoms with Gasteiger partial charge in [-0.25, -0.2) is 17.6 Å². The van der Waals surface area contributed by atoms with Crippen molar-refractivity contribution < 1.29 is 74.8 Å². The molecule has 0 saturated heterocycles. The Morgan fingerprint density at radius 1 is 0.978 bits per heavy atom. The van der Waals surface area contributed by atoms with Gasteiger partial charge < -0.3 is 57.2 Å². The van der Waals surface area contributed by atoms with Gasteiger partial charge in [-0.05, 0) is 31.3 Å². The van der Waals surface area contributed by atoms with Gasteiger partial charge in [0.1, 0.15) is 44.1 Å². The molecule has 0 amide bonds. The van der Waals surface area contributed by atoms with E-state index < -0.39 is 42.3 Å². The van der Waals surface area contributed by atoms with Crippen LogP contribution in [0.25, 0.3) is 0 Å². The number of aromatic amines is 1. The number of quaternary nitrogens is 1. The maximum atomic E-state index is 13.6. The van der Waals surface area contributed by atoms with Crippen molar-refractivity contribution in [3.05, 3.63) is 75.3 Å². The maximum Gasteiger partial charge on any atom is 0.302 e. The molecule has 3 heterocycles. The van der Waals surface area contributed by atoms with Gasteiger partial charge in [-0.2, -0.15) is 0 Å². The van der Waals surface area contributed by atoms with Crippen molar-refractivity contribution in [3.63, 3.8) is 0 Å². The van der Waals surface area contributed by atoms with E-state index in [2.05, 4.69) is 15.5 Å². The molecule has 256 valence electrons. The molecule has 3 aromatic rings. The molecule has 0 bridgehead atoms. The normalized spacial score (nSPS) is 15.6. The van der Waals surface area contributed by atoms with Crippen molar-refractivity contribution in [1.29, 1.82) is 0 Å². The number of Topliss-reactive ketones (excluding diaryl/α,β-unsaturated/α-hetero) is 1. The predicted octanol–water partition coefficient (Wildman–Crippen LogP) is -0.884. The Balaban J connectivity index is 0.000000350. The highest BCUT2D eigenvalue weighted by atomic mass is 35.5. The fraction of sp³-hybridized carbons (Fsp3) is 0.414. The van der Waals surface area contributed by atoms with Crippen LogP contribution < -0.4 is 27.6 Å². The van der Waals surface area contributed by atoms with Crippen molar-refractivity contribution in [1.82, 2.24) is 9.55 Å². The first-order valence-electron chi connectivity index (χ1n) is 13.7. The van der Waals surface area contributed by atoms with Gasteiger partial charge in [-0.1, -0.05) is 0 Å². The van der Waals surface area contributed by atoms with E-state index in [0.717, 1.165) is 12.1 Å². The first-order valence-corrected chi connectivity index (χ1v) is 14.1. The number of benzene rings is 2. The van der Waals surface area contributed by atoms with Crippen LogP contribution >= 0.6 is 12.2 Å². The van der Waals surface area contributed by atoms with Gasteiger partial charge in [0.15, 0.2) is 33.7 Å². The van der Waals surface area contributed by atoms with E-state index >= 15 is 0 Å². The van der Waals surface area contributed by atoms with Gasteiger partial charge in [0.25, 0.3) is 0 Å². The molecule has 5 rings (SSSR count). The summed E-state index contributed by atoms with van der Waals surface area (Å²) in [5, 5.41) is 24.9. The Bertz CT molecular complexity index is 1500. The van der Waals surface area contributed by atoms with E-state index in [1.54, 1.807) is 17.7 Å². The standard InChI is InChI=1S/C13H12F2N2O2S.C9H9F2NO.C4H8O2.C3H6O3.ClH/c14-8-1-7-2-9(6-19-12(7)11(15)3-8)17-10(5-18)4-16-13(17)20;10-6-1-5-2-7(12)4-13-9(5)8(11)3-6;1-3-6-4(2)5;4-1-3(6)2-5;/h1,3-4,9,18H,2,5-6H2,(H,16,20);1,3,7H,2,4,12H2;3H2,1-2H3;4-5H,1-2H2;1H/t9-;7-;;;/m11.../s1. The fourth-order valence-electron chi connectivity index (χ4n) is 4.27. The van der Waals surface area contributed by atoms with Crippen LogP contribution in [0.4, 0.5) is 17.6 Å². The van der Waals surface area contributed by atoms with E-state index in [9.17, 15) is 32.3 Å². The topological polar surface area (TPSA) is 171 Å². The highest BCUT2D eigenvalue weighted by molar-refractivity contribution is 7.71. The number of nitrogens with one attached hydrogen (secondary N) is 1. The monoisotopic (exact) mass is 697 g/mol. The molecule has 1 aromatic heterocycles. The average Bonchev–Trinajstić information content (AvgIpc) is 3.37. The zero-order chi connectivity index (χ0) is 33.7. The number of hydrogen-bond donors (Lipinski definition) is 5. The summed E-state index contributed by atoms with van der Waals surface area (Å²) in [5.74, 6) is -3.00. The average molecular weight is 698 g/mol. The van der Waals surface area contributed by atoms with E-state index in [0.29, 0.717) is 47.6 Å². The number of ketones is 1.